The smallest absolute Gasteiger partial charge is 0.130 e. The van der Waals surface area contributed by atoms with Gasteiger partial charge in [-0.3, -0.25) is 0 Å². The molecule has 0 spiro atoms. The van der Waals surface area contributed by atoms with Gasteiger partial charge in [0.25, 0.3) is 0 Å². The zero-order chi connectivity index (χ0) is 12.1. The first kappa shape index (κ1) is 11.2. The van der Waals surface area contributed by atoms with Gasteiger partial charge in [0.2, 0.25) is 0 Å². The lowest BCUT2D eigenvalue weighted by Crippen LogP contribution is -1.89. The third-order valence-electron chi connectivity index (χ3n) is 2.41. The van der Waals surface area contributed by atoms with Gasteiger partial charge in [-0.2, -0.15) is 5.26 Å². The third-order valence-corrected chi connectivity index (χ3v) is 2.41. The van der Waals surface area contributed by atoms with Gasteiger partial charge >= 0.3 is 0 Å². The molecule has 0 atom stereocenters. The molecule has 0 aromatic heterocycles. The van der Waals surface area contributed by atoms with E-state index in [0.717, 1.165) is 22.6 Å². The number of rotatable bonds is 3. The van der Waals surface area contributed by atoms with E-state index in [1.54, 1.807) is 0 Å². The van der Waals surface area contributed by atoms with E-state index in [-0.39, 0.29) is 0 Å². The lowest BCUT2D eigenvalue weighted by Gasteiger charge is -2.09. The molecule has 2 nitrogen and oxygen atoms in total. The van der Waals surface area contributed by atoms with Crippen LogP contribution in [0.1, 0.15) is 11.1 Å². The molecule has 0 saturated carbocycles. The van der Waals surface area contributed by atoms with E-state index in [2.05, 4.69) is 0 Å². The summed E-state index contributed by atoms with van der Waals surface area (Å²) in [4.78, 5) is 0. The fourth-order valence-corrected chi connectivity index (χ4v) is 1.51. The van der Waals surface area contributed by atoms with E-state index < -0.39 is 0 Å². The van der Waals surface area contributed by atoms with Crippen molar-refractivity contribution in [1.82, 2.24) is 0 Å². The van der Waals surface area contributed by atoms with Crippen LogP contribution < -0.4 is 4.74 Å². The van der Waals surface area contributed by atoms with Crippen LogP contribution in [0.3, 0.4) is 0 Å². The van der Waals surface area contributed by atoms with E-state index >= 15 is 0 Å². The molecule has 2 heteroatoms. The van der Waals surface area contributed by atoms with Crippen molar-refractivity contribution in [3.63, 3.8) is 0 Å². The maximum absolute atomic E-state index is 8.62. The van der Waals surface area contributed by atoms with Crippen molar-refractivity contribution in [2.45, 2.75) is 6.92 Å². The van der Waals surface area contributed by atoms with E-state index in [1.165, 1.54) is 6.42 Å². The highest BCUT2D eigenvalue weighted by Gasteiger charge is 2.03. The first-order valence-electron chi connectivity index (χ1n) is 5.36. The number of benzene rings is 2. The molecule has 0 aliphatic carbocycles. The highest BCUT2D eigenvalue weighted by molar-refractivity contribution is 5.43. The summed E-state index contributed by atoms with van der Waals surface area (Å²) in [6.45, 7) is 1.98. The Kier molecular flexibility index (Phi) is 3.42. The van der Waals surface area contributed by atoms with Crippen LogP contribution in [0.4, 0.5) is 0 Å². The van der Waals surface area contributed by atoms with Crippen molar-refractivity contribution in [1.29, 1.82) is 5.26 Å². The molecule has 0 bridgehead atoms. The maximum atomic E-state index is 8.62. The van der Waals surface area contributed by atoms with Gasteiger partial charge in [0.15, 0.2) is 0 Å². The Hall–Kier alpha value is -2.27. The SMILES string of the molecule is Cc1ccc([CH]C#N)cc1Oc1ccccc1. The van der Waals surface area contributed by atoms with Gasteiger partial charge in [-0.05, 0) is 36.2 Å². The molecule has 0 saturated heterocycles. The minimum absolute atomic E-state index is 0.778. The van der Waals surface area contributed by atoms with Crippen LogP contribution in [-0.2, 0) is 0 Å². The molecule has 0 amide bonds. The Morgan fingerprint density at radius 3 is 2.59 bits per heavy atom. The van der Waals surface area contributed by atoms with Crippen LogP contribution in [0.25, 0.3) is 0 Å². The summed E-state index contributed by atoms with van der Waals surface area (Å²) in [5.41, 5.74) is 1.90. The van der Waals surface area contributed by atoms with Crippen LogP contribution in [0, 0.1) is 24.7 Å². The highest BCUT2D eigenvalue weighted by atomic mass is 16.5. The van der Waals surface area contributed by atoms with Crippen molar-refractivity contribution in [3.8, 4) is 17.6 Å². The number of hydrogen-bond acceptors (Lipinski definition) is 2. The third kappa shape index (κ3) is 2.85. The first-order valence-corrected chi connectivity index (χ1v) is 5.36. The topological polar surface area (TPSA) is 33.0 Å². The van der Waals surface area contributed by atoms with Crippen LogP contribution in [0.2, 0.25) is 0 Å². The Morgan fingerprint density at radius 2 is 1.88 bits per heavy atom. The van der Waals surface area contributed by atoms with Gasteiger partial charge in [0.1, 0.15) is 11.5 Å². The van der Waals surface area contributed by atoms with Gasteiger partial charge < -0.3 is 4.74 Å². The van der Waals surface area contributed by atoms with Crippen molar-refractivity contribution < 1.29 is 4.74 Å². The zero-order valence-corrected chi connectivity index (χ0v) is 9.55. The minimum Gasteiger partial charge on any atom is -0.457 e. The molecule has 0 unspecified atom stereocenters. The Labute approximate surface area is 101 Å². The van der Waals surface area contributed by atoms with Gasteiger partial charge in [-0.25, -0.2) is 0 Å². The molecular formula is C15H12NO. The number of nitrogens with zero attached hydrogens (tertiary/aromatic N) is 1. The second-order valence-electron chi connectivity index (χ2n) is 3.71. The van der Waals surface area contributed by atoms with Gasteiger partial charge in [0.05, 0.1) is 12.5 Å². The fourth-order valence-electron chi connectivity index (χ4n) is 1.51. The average molecular weight is 222 g/mol. The van der Waals surface area contributed by atoms with Crippen molar-refractivity contribution in [3.05, 3.63) is 66.1 Å². The number of hydrogen-bond donors (Lipinski definition) is 0. The van der Waals surface area contributed by atoms with Gasteiger partial charge in [-0.1, -0.05) is 30.3 Å². The van der Waals surface area contributed by atoms with E-state index in [1.807, 2.05) is 61.5 Å². The Morgan fingerprint density at radius 1 is 1.12 bits per heavy atom. The summed E-state index contributed by atoms with van der Waals surface area (Å²) >= 11 is 0. The normalized spacial score (nSPS) is 9.65. The molecule has 0 fully saturated rings. The standard InChI is InChI=1S/C15H12NO/c1-12-7-8-13(9-10-16)11-15(12)17-14-5-3-2-4-6-14/h2-9,11H,1H3. The summed E-state index contributed by atoms with van der Waals surface area (Å²) in [5, 5.41) is 8.62. The average Bonchev–Trinajstić information content (AvgIpc) is 2.35. The monoisotopic (exact) mass is 222 g/mol. The Bertz CT molecular complexity index is 541. The van der Waals surface area contributed by atoms with Crippen molar-refractivity contribution in [2.24, 2.45) is 0 Å². The highest BCUT2D eigenvalue weighted by Crippen LogP contribution is 2.26. The largest absolute Gasteiger partial charge is 0.457 e. The predicted octanol–water partition coefficient (Wildman–Crippen LogP) is 3.86. The quantitative estimate of drug-likeness (QED) is 0.789. The summed E-state index contributed by atoms with van der Waals surface area (Å²) in [6.07, 6.45) is 1.50. The summed E-state index contributed by atoms with van der Waals surface area (Å²) in [5.74, 6) is 1.57. The molecule has 2 aromatic rings. The van der Waals surface area contributed by atoms with Crippen LogP contribution in [0.15, 0.2) is 48.5 Å². The fraction of sp³-hybridized carbons (Fsp3) is 0.0667. The van der Waals surface area contributed by atoms with Crippen LogP contribution >= 0.6 is 0 Å². The van der Waals surface area contributed by atoms with Crippen molar-refractivity contribution >= 4 is 0 Å². The van der Waals surface area contributed by atoms with Crippen molar-refractivity contribution in [2.75, 3.05) is 0 Å². The molecular weight excluding hydrogens is 210 g/mol. The second kappa shape index (κ2) is 5.18. The van der Waals surface area contributed by atoms with Gasteiger partial charge in [0, 0.05) is 0 Å². The van der Waals surface area contributed by atoms with Crippen LogP contribution in [-0.4, -0.2) is 0 Å². The zero-order valence-electron chi connectivity index (χ0n) is 9.55. The minimum atomic E-state index is 0.778. The van der Waals surface area contributed by atoms with E-state index in [9.17, 15) is 0 Å². The molecule has 0 heterocycles. The van der Waals surface area contributed by atoms with E-state index in [4.69, 9.17) is 10.00 Å². The molecule has 1 radical (unpaired) electrons. The molecule has 0 aliphatic heterocycles. The second-order valence-corrected chi connectivity index (χ2v) is 3.71. The molecule has 2 rings (SSSR count). The number of nitriles is 1. The lowest BCUT2D eigenvalue weighted by atomic mass is 10.1. The van der Waals surface area contributed by atoms with E-state index in [0.29, 0.717) is 0 Å². The molecule has 83 valence electrons. The summed E-state index contributed by atoms with van der Waals surface area (Å²) < 4.78 is 5.77. The molecule has 0 N–H and O–H groups in total. The molecule has 0 aliphatic rings. The lowest BCUT2D eigenvalue weighted by molar-refractivity contribution is 0.478. The molecule has 17 heavy (non-hydrogen) atoms. The number of para-hydroxylation sites is 1. The van der Waals surface area contributed by atoms with Gasteiger partial charge in [-0.15, -0.1) is 0 Å². The van der Waals surface area contributed by atoms with Crippen LogP contribution in [0.5, 0.6) is 11.5 Å². The number of ether oxygens (including phenoxy) is 1. The summed E-state index contributed by atoms with van der Waals surface area (Å²) in [7, 11) is 0. The maximum Gasteiger partial charge on any atom is 0.130 e. The molecule has 2 aromatic carbocycles. The predicted molar refractivity (Wildman–Crippen MR) is 66.7 cm³/mol. The number of aryl methyl sites for hydroxylation is 1. The Balaban J connectivity index is 2.26. The first-order chi connectivity index (χ1) is 8.29. The summed E-state index contributed by atoms with van der Waals surface area (Å²) in [6, 6.07) is 17.3.